The van der Waals surface area contributed by atoms with Gasteiger partial charge in [-0.3, -0.25) is 0 Å². The van der Waals surface area contributed by atoms with Crippen LogP contribution in [-0.4, -0.2) is 13.1 Å². The van der Waals surface area contributed by atoms with Crippen molar-refractivity contribution in [2.24, 2.45) is 0 Å². The van der Waals surface area contributed by atoms with Crippen LogP contribution in [0.3, 0.4) is 0 Å². The second-order valence-electron chi connectivity index (χ2n) is 4.80. The smallest absolute Gasteiger partial charge is 0.152 e. The summed E-state index contributed by atoms with van der Waals surface area (Å²) >= 11 is 6.13. The van der Waals surface area contributed by atoms with Gasteiger partial charge in [0.05, 0.1) is 5.02 Å². The van der Waals surface area contributed by atoms with Gasteiger partial charge in [0, 0.05) is 17.3 Å². The van der Waals surface area contributed by atoms with Crippen LogP contribution in [0.25, 0.3) is 11.0 Å². The van der Waals surface area contributed by atoms with Crippen molar-refractivity contribution in [2.45, 2.75) is 31.2 Å². The lowest BCUT2D eigenvalue weighted by molar-refractivity contribution is 0.483. The molecule has 2 unspecified atom stereocenters. The molecule has 1 aliphatic carbocycles. The average Bonchev–Trinajstić information content (AvgIpc) is 2.95. The van der Waals surface area contributed by atoms with E-state index < -0.39 is 0 Å². The first-order valence-corrected chi connectivity index (χ1v) is 6.51. The van der Waals surface area contributed by atoms with Gasteiger partial charge in [-0.1, -0.05) is 23.7 Å². The Morgan fingerprint density at radius 1 is 1.35 bits per heavy atom. The Balaban J connectivity index is 1.94. The van der Waals surface area contributed by atoms with Gasteiger partial charge in [0.1, 0.15) is 5.76 Å². The topological polar surface area (TPSA) is 25.2 Å². The molecule has 2 atom stereocenters. The van der Waals surface area contributed by atoms with Crippen LogP contribution in [0, 0.1) is 0 Å². The highest BCUT2D eigenvalue weighted by molar-refractivity contribution is 6.34. The molecular weight excluding hydrogens is 234 g/mol. The fourth-order valence-electron chi connectivity index (χ4n) is 2.75. The molecule has 1 aliphatic rings. The van der Waals surface area contributed by atoms with Gasteiger partial charge in [-0.25, -0.2) is 0 Å². The summed E-state index contributed by atoms with van der Waals surface area (Å²) in [6, 6.07) is 8.67. The van der Waals surface area contributed by atoms with Crippen LogP contribution < -0.4 is 5.32 Å². The van der Waals surface area contributed by atoms with E-state index in [1.165, 1.54) is 12.8 Å². The molecule has 17 heavy (non-hydrogen) atoms. The molecule has 1 fully saturated rings. The minimum atomic E-state index is 0.538. The molecule has 2 aromatic rings. The zero-order chi connectivity index (χ0) is 11.8. The van der Waals surface area contributed by atoms with Crippen molar-refractivity contribution in [1.82, 2.24) is 5.32 Å². The van der Waals surface area contributed by atoms with Crippen LogP contribution in [-0.2, 0) is 0 Å². The number of furan rings is 1. The molecule has 0 saturated heterocycles. The normalized spacial score (nSPS) is 24.6. The highest BCUT2D eigenvalue weighted by atomic mass is 35.5. The Morgan fingerprint density at radius 2 is 2.24 bits per heavy atom. The Hall–Kier alpha value is -0.990. The van der Waals surface area contributed by atoms with Crippen molar-refractivity contribution in [3.63, 3.8) is 0 Å². The third-order valence-electron chi connectivity index (χ3n) is 3.76. The van der Waals surface area contributed by atoms with Crippen LogP contribution >= 0.6 is 11.6 Å². The quantitative estimate of drug-likeness (QED) is 0.872. The number of benzene rings is 1. The van der Waals surface area contributed by atoms with E-state index in [-0.39, 0.29) is 0 Å². The van der Waals surface area contributed by atoms with E-state index in [1.54, 1.807) is 0 Å². The molecule has 0 radical (unpaired) electrons. The second kappa shape index (κ2) is 4.35. The molecule has 1 saturated carbocycles. The zero-order valence-electron chi connectivity index (χ0n) is 9.87. The molecule has 3 rings (SSSR count). The summed E-state index contributed by atoms with van der Waals surface area (Å²) < 4.78 is 5.92. The van der Waals surface area contributed by atoms with Crippen molar-refractivity contribution in [2.75, 3.05) is 7.05 Å². The van der Waals surface area contributed by atoms with Gasteiger partial charge in [-0.15, -0.1) is 0 Å². The molecule has 0 bridgehead atoms. The van der Waals surface area contributed by atoms with Crippen molar-refractivity contribution < 1.29 is 4.42 Å². The minimum absolute atomic E-state index is 0.538. The van der Waals surface area contributed by atoms with Crippen molar-refractivity contribution in [3.8, 4) is 0 Å². The maximum atomic E-state index is 6.13. The van der Waals surface area contributed by atoms with E-state index in [0.717, 1.165) is 23.2 Å². The van der Waals surface area contributed by atoms with E-state index >= 15 is 0 Å². The summed E-state index contributed by atoms with van der Waals surface area (Å²) in [6.07, 6.45) is 3.59. The lowest BCUT2D eigenvalue weighted by Crippen LogP contribution is -2.20. The fraction of sp³-hybridized carbons (Fsp3) is 0.429. The monoisotopic (exact) mass is 249 g/mol. The summed E-state index contributed by atoms with van der Waals surface area (Å²) in [6.45, 7) is 0. The Labute approximate surface area is 106 Å². The Morgan fingerprint density at radius 3 is 2.94 bits per heavy atom. The summed E-state index contributed by atoms with van der Waals surface area (Å²) in [7, 11) is 2.03. The number of halogens is 1. The zero-order valence-corrected chi connectivity index (χ0v) is 10.6. The molecule has 2 nitrogen and oxygen atoms in total. The average molecular weight is 250 g/mol. The number of nitrogens with one attached hydrogen (secondary N) is 1. The summed E-state index contributed by atoms with van der Waals surface area (Å²) in [5.74, 6) is 1.63. The summed E-state index contributed by atoms with van der Waals surface area (Å²) in [4.78, 5) is 0. The van der Waals surface area contributed by atoms with E-state index in [0.29, 0.717) is 17.0 Å². The first kappa shape index (κ1) is 11.1. The van der Waals surface area contributed by atoms with Crippen LogP contribution in [0.1, 0.15) is 30.9 Å². The Bertz CT molecular complexity index is 534. The highest BCUT2D eigenvalue weighted by Crippen LogP contribution is 2.38. The van der Waals surface area contributed by atoms with Gasteiger partial charge < -0.3 is 9.73 Å². The first-order valence-electron chi connectivity index (χ1n) is 6.13. The molecule has 0 amide bonds. The van der Waals surface area contributed by atoms with E-state index in [9.17, 15) is 0 Å². The minimum Gasteiger partial charge on any atom is -0.459 e. The van der Waals surface area contributed by atoms with E-state index in [2.05, 4.69) is 17.4 Å². The van der Waals surface area contributed by atoms with Gasteiger partial charge in [-0.05, 0) is 38.4 Å². The maximum Gasteiger partial charge on any atom is 0.152 e. The molecule has 90 valence electrons. The predicted molar refractivity (Wildman–Crippen MR) is 70.7 cm³/mol. The number of para-hydroxylation sites is 1. The molecule has 0 aliphatic heterocycles. The third-order valence-corrected chi connectivity index (χ3v) is 4.06. The first-order chi connectivity index (χ1) is 8.28. The van der Waals surface area contributed by atoms with Gasteiger partial charge in [0.15, 0.2) is 5.58 Å². The third kappa shape index (κ3) is 1.96. The van der Waals surface area contributed by atoms with Crippen molar-refractivity contribution in [1.29, 1.82) is 0 Å². The van der Waals surface area contributed by atoms with Gasteiger partial charge in [0.2, 0.25) is 0 Å². The van der Waals surface area contributed by atoms with Crippen LogP contribution in [0.15, 0.2) is 28.7 Å². The second-order valence-corrected chi connectivity index (χ2v) is 5.21. The summed E-state index contributed by atoms with van der Waals surface area (Å²) in [5, 5.41) is 5.16. The lowest BCUT2D eigenvalue weighted by atomic mass is 10.0. The molecule has 1 N–H and O–H groups in total. The number of rotatable bonds is 2. The van der Waals surface area contributed by atoms with Crippen LogP contribution in [0.4, 0.5) is 0 Å². The number of hydrogen-bond acceptors (Lipinski definition) is 2. The number of hydrogen-bond donors (Lipinski definition) is 1. The predicted octanol–water partition coefficient (Wildman–Crippen LogP) is 3.94. The lowest BCUT2D eigenvalue weighted by Gasteiger charge is -2.07. The van der Waals surface area contributed by atoms with Crippen molar-refractivity contribution in [3.05, 3.63) is 35.0 Å². The summed E-state index contributed by atoms with van der Waals surface area (Å²) in [5.41, 5.74) is 0.831. The van der Waals surface area contributed by atoms with Crippen LogP contribution in [0.5, 0.6) is 0 Å². The molecule has 0 spiro atoms. The standard InChI is InChI=1S/C14H16ClNO/c1-16-11-6-5-9(7-11)13-8-10-3-2-4-12(15)14(10)17-13/h2-4,8-9,11,16H,5-7H2,1H3. The van der Waals surface area contributed by atoms with E-state index in [1.807, 2.05) is 19.2 Å². The Kier molecular flexibility index (Phi) is 2.85. The van der Waals surface area contributed by atoms with E-state index in [4.69, 9.17) is 16.0 Å². The van der Waals surface area contributed by atoms with Crippen molar-refractivity contribution >= 4 is 22.6 Å². The highest BCUT2D eigenvalue weighted by Gasteiger charge is 2.27. The van der Waals surface area contributed by atoms with Gasteiger partial charge in [0.25, 0.3) is 0 Å². The van der Waals surface area contributed by atoms with Gasteiger partial charge >= 0.3 is 0 Å². The molecule has 1 aromatic heterocycles. The molecule has 1 heterocycles. The van der Waals surface area contributed by atoms with Crippen LogP contribution in [0.2, 0.25) is 5.02 Å². The number of fused-ring (bicyclic) bond motifs is 1. The molecule has 3 heteroatoms. The maximum absolute atomic E-state index is 6.13. The molecular formula is C14H16ClNO. The largest absolute Gasteiger partial charge is 0.459 e. The SMILES string of the molecule is CNC1CCC(c2cc3cccc(Cl)c3o2)C1. The fourth-order valence-corrected chi connectivity index (χ4v) is 2.97. The van der Waals surface area contributed by atoms with Gasteiger partial charge in [-0.2, -0.15) is 0 Å². The molecule has 1 aromatic carbocycles.